The van der Waals surface area contributed by atoms with Gasteiger partial charge < -0.3 is 5.11 Å². The molecular formula is C30H46O3. The zero-order valence-corrected chi connectivity index (χ0v) is 22.1. The molecule has 0 aromatic rings. The number of Topliss-reactive ketones (excluding diaryl/α,β-unsaturated/α-hetero) is 2. The molecular weight excluding hydrogens is 408 g/mol. The molecule has 0 amide bonds. The van der Waals surface area contributed by atoms with Crippen molar-refractivity contribution in [2.75, 3.05) is 6.61 Å². The third-order valence-corrected chi connectivity index (χ3v) is 12.7. The van der Waals surface area contributed by atoms with Gasteiger partial charge in [-0.05, 0) is 84.4 Å². The zero-order valence-electron chi connectivity index (χ0n) is 22.1. The minimum Gasteiger partial charge on any atom is -0.395 e. The fourth-order valence-corrected chi connectivity index (χ4v) is 10.3. The van der Waals surface area contributed by atoms with Crippen LogP contribution in [-0.4, -0.2) is 23.3 Å². The van der Waals surface area contributed by atoms with Crippen LogP contribution >= 0.6 is 0 Å². The first-order chi connectivity index (χ1) is 15.2. The SMILES string of the molecule is CC1(C)CC(=O)[C@]2(C)CC[C@]3(C)C(=CC[C@@H]4[C@@]5(C)CCC(=O)[C@](C)(CO)[C@@H]5CC[C@]43C)[C@H]2C1. The first kappa shape index (κ1) is 23.8. The second-order valence-electron chi connectivity index (χ2n) is 14.7. The number of hydrogen-bond donors (Lipinski definition) is 1. The first-order valence-corrected chi connectivity index (χ1v) is 13.6. The molecule has 0 aromatic carbocycles. The Morgan fingerprint density at radius 3 is 2.27 bits per heavy atom. The average molecular weight is 455 g/mol. The van der Waals surface area contributed by atoms with Gasteiger partial charge >= 0.3 is 0 Å². The number of hydrogen-bond acceptors (Lipinski definition) is 3. The van der Waals surface area contributed by atoms with Crippen LogP contribution in [0.4, 0.5) is 0 Å². The summed E-state index contributed by atoms with van der Waals surface area (Å²) in [4.78, 5) is 26.4. The van der Waals surface area contributed by atoms with E-state index >= 15 is 0 Å². The molecule has 8 atom stereocenters. The van der Waals surface area contributed by atoms with Crippen molar-refractivity contribution >= 4 is 11.6 Å². The van der Waals surface area contributed by atoms with E-state index in [1.807, 2.05) is 6.92 Å². The molecule has 0 aliphatic heterocycles. The summed E-state index contributed by atoms with van der Waals surface area (Å²) in [5.74, 6) is 1.90. The predicted molar refractivity (Wildman–Crippen MR) is 132 cm³/mol. The lowest BCUT2D eigenvalue weighted by Crippen LogP contribution is -2.65. The number of carbonyl (C=O) groups is 2. The Kier molecular flexibility index (Phi) is 4.92. The highest BCUT2D eigenvalue weighted by atomic mass is 16.3. The van der Waals surface area contributed by atoms with Gasteiger partial charge in [-0.1, -0.05) is 60.1 Å². The smallest absolute Gasteiger partial charge is 0.141 e. The lowest BCUT2D eigenvalue weighted by Gasteiger charge is -2.70. The number of allylic oxidation sites excluding steroid dienone is 2. The van der Waals surface area contributed by atoms with Gasteiger partial charge in [0.25, 0.3) is 0 Å². The lowest BCUT2D eigenvalue weighted by atomic mass is 9.33. The first-order valence-electron chi connectivity index (χ1n) is 13.6. The Hall–Kier alpha value is -0.960. The summed E-state index contributed by atoms with van der Waals surface area (Å²) in [7, 11) is 0. The van der Waals surface area contributed by atoms with Crippen molar-refractivity contribution < 1.29 is 14.7 Å². The maximum atomic E-state index is 13.4. The van der Waals surface area contributed by atoms with Gasteiger partial charge in [0.05, 0.1) is 12.0 Å². The summed E-state index contributed by atoms with van der Waals surface area (Å²) >= 11 is 0. The highest BCUT2D eigenvalue weighted by Gasteiger charge is 2.69. The molecule has 0 heterocycles. The molecule has 1 N–H and O–H groups in total. The number of rotatable bonds is 1. The van der Waals surface area contributed by atoms with Gasteiger partial charge in [-0.25, -0.2) is 0 Å². The van der Waals surface area contributed by atoms with Crippen molar-refractivity contribution in [2.24, 2.45) is 50.2 Å². The van der Waals surface area contributed by atoms with Crippen molar-refractivity contribution in [3.8, 4) is 0 Å². The van der Waals surface area contributed by atoms with Gasteiger partial charge in [0.2, 0.25) is 0 Å². The van der Waals surface area contributed by atoms with Crippen molar-refractivity contribution in [1.29, 1.82) is 0 Å². The van der Waals surface area contributed by atoms with Gasteiger partial charge in [0.1, 0.15) is 11.6 Å². The molecule has 4 saturated carbocycles. The van der Waals surface area contributed by atoms with Crippen LogP contribution in [0.25, 0.3) is 0 Å². The molecule has 0 unspecified atom stereocenters. The van der Waals surface area contributed by atoms with Crippen LogP contribution < -0.4 is 0 Å². The predicted octanol–water partition coefficient (Wildman–Crippen LogP) is 6.53. The van der Waals surface area contributed by atoms with Crippen LogP contribution in [0.5, 0.6) is 0 Å². The van der Waals surface area contributed by atoms with E-state index in [9.17, 15) is 14.7 Å². The number of aliphatic hydroxyl groups excluding tert-OH is 1. The van der Waals surface area contributed by atoms with Crippen LogP contribution in [0, 0.1) is 50.2 Å². The molecule has 33 heavy (non-hydrogen) atoms. The van der Waals surface area contributed by atoms with Crippen LogP contribution in [0.1, 0.15) is 106 Å². The monoisotopic (exact) mass is 454 g/mol. The van der Waals surface area contributed by atoms with Crippen LogP contribution in [0.15, 0.2) is 11.6 Å². The molecule has 0 bridgehead atoms. The van der Waals surface area contributed by atoms with Crippen LogP contribution in [0.2, 0.25) is 0 Å². The van der Waals surface area contributed by atoms with Crippen molar-refractivity contribution in [2.45, 2.75) is 106 Å². The van der Waals surface area contributed by atoms with Gasteiger partial charge in [-0.3, -0.25) is 9.59 Å². The highest BCUT2D eigenvalue weighted by Crippen LogP contribution is 2.75. The molecule has 5 aliphatic rings. The minimum atomic E-state index is -0.593. The van der Waals surface area contributed by atoms with E-state index in [1.54, 1.807) is 5.57 Å². The molecule has 4 fully saturated rings. The Morgan fingerprint density at radius 1 is 0.909 bits per heavy atom. The maximum Gasteiger partial charge on any atom is 0.141 e. The molecule has 3 nitrogen and oxygen atoms in total. The third kappa shape index (κ3) is 2.78. The molecule has 5 rings (SSSR count). The Bertz CT molecular complexity index is 931. The fourth-order valence-electron chi connectivity index (χ4n) is 10.3. The summed E-state index contributed by atoms with van der Waals surface area (Å²) < 4.78 is 0. The Morgan fingerprint density at radius 2 is 1.61 bits per heavy atom. The minimum absolute atomic E-state index is 0.0223. The van der Waals surface area contributed by atoms with E-state index in [4.69, 9.17) is 0 Å². The van der Waals surface area contributed by atoms with E-state index in [0.717, 1.165) is 51.4 Å². The number of ketones is 2. The average Bonchev–Trinajstić information content (AvgIpc) is 2.73. The van der Waals surface area contributed by atoms with E-state index < -0.39 is 5.41 Å². The molecule has 0 spiro atoms. The van der Waals surface area contributed by atoms with Gasteiger partial charge in [0, 0.05) is 18.3 Å². The normalized spacial score (nSPS) is 53.3. The van der Waals surface area contributed by atoms with Crippen molar-refractivity contribution in [3.05, 3.63) is 11.6 Å². The number of carbonyl (C=O) groups excluding carboxylic acids is 2. The second-order valence-corrected chi connectivity index (χ2v) is 14.7. The summed E-state index contributed by atoms with van der Waals surface area (Å²) in [6.07, 6.45) is 11.3. The van der Waals surface area contributed by atoms with Gasteiger partial charge in [0.15, 0.2) is 0 Å². The molecule has 184 valence electrons. The second kappa shape index (κ2) is 6.83. The number of aliphatic hydroxyl groups is 1. The van der Waals surface area contributed by atoms with Crippen LogP contribution in [-0.2, 0) is 9.59 Å². The summed E-state index contributed by atoms with van der Waals surface area (Å²) in [5, 5.41) is 10.3. The lowest BCUT2D eigenvalue weighted by molar-refractivity contribution is -0.191. The number of fused-ring (bicyclic) bond motifs is 7. The third-order valence-electron chi connectivity index (χ3n) is 12.7. The van der Waals surface area contributed by atoms with E-state index in [0.29, 0.717) is 24.0 Å². The summed E-state index contributed by atoms with van der Waals surface area (Å²) in [6.45, 7) is 16.4. The quantitative estimate of drug-likeness (QED) is 0.458. The molecule has 0 saturated heterocycles. The summed E-state index contributed by atoms with van der Waals surface area (Å²) in [6, 6.07) is 0. The van der Waals surface area contributed by atoms with E-state index in [2.05, 4.69) is 47.6 Å². The Labute approximate surface area is 201 Å². The van der Waals surface area contributed by atoms with Crippen LogP contribution in [0.3, 0.4) is 0 Å². The maximum absolute atomic E-state index is 13.4. The van der Waals surface area contributed by atoms with E-state index in [-0.39, 0.29) is 45.4 Å². The topological polar surface area (TPSA) is 54.4 Å². The van der Waals surface area contributed by atoms with Gasteiger partial charge in [-0.2, -0.15) is 0 Å². The summed E-state index contributed by atoms with van der Waals surface area (Å²) in [5.41, 5.74) is 1.24. The molecule has 5 aliphatic carbocycles. The van der Waals surface area contributed by atoms with Crippen molar-refractivity contribution in [3.63, 3.8) is 0 Å². The molecule has 3 heteroatoms. The zero-order chi connectivity index (χ0) is 24.2. The Balaban J connectivity index is 1.60. The standard InChI is InChI=1S/C30H46O3/c1-25(2)16-20-19-8-9-22-27(4)12-11-23(32)28(5,18-31)21(27)10-13-30(22,7)29(19,6)15-14-26(20,3)24(33)17-25/h8,20-22,31H,9-18H2,1-7H3/t20-,21-,22-,26-,27+,28-,29-,30-/m1/s1. The van der Waals surface area contributed by atoms with Crippen molar-refractivity contribution in [1.82, 2.24) is 0 Å². The molecule has 0 radical (unpaired) electrons. The molecule has 0 aromatic heterocycles. The highest BCUT2D eigenvalue weighted by molar-refractivity contribution is 5.87. The largest absolute Gasteiger partial charge is 0.395 e. The van der Waals surface area contributed by atoms with Gasteiger partial charge in [-0.15, -0.1) is 0 Å². The fraction of sp³-hybridized carbons (Fsp3) is 0.867. The van der Waals surface area contributed by atoms with E-state index in [1.165, 1.54) is 0 Å².